The molecule has 0 fully saturated rings. The fourth-order valence-electron chi connectivity index (χ4n) is 0.257. The third-order valence-electron chi connectivity index (χ3n) is 0.311. The molecule has 0 bridgehead atoms. The maximum atomic E-state index is 9.99. The van der Waals surface area contributed by atoms with Crippen molar-refractivity contribution in [2.45, 2.75) is 6.92 Å². The maximum Gasteiger partial charge on any atom is 1.00 e. The van der Waals surface area contributed by atoms with Gasteiger partial charge in [0.1, 0.15) is 0 Å². The van der Waals surface area contributed by atoms with Crippen LogP contribution in [0.1, 0.15) is 8.35 Å². The minimum Gasteiger partial charge on any atom is -1.00 e. The average molecular weight is 143 g/mol. The largest absolute Gasteiger partial charge is 1.00 e. The Morgan fingerprint density at radius 2 is 2.00 bits per heavy atom. The molecule has 0 aliphatic heterocycles. The van der Waals surface area contributed by atoms with Crippen LogP contribution in [0.5, 0.6) is 0 Å². The van der Waals surface area contributed by atoms with Crippen LogP contribution in [-0.4, -0.2) is 25.1 Å². The summed E-state index contributed by atoms with van der Waals surface area (Å²) < 4.78 is 0. The summed E-state index contributed by atoms with van der Waals surface area (Å²) in [7, 11) is 3.31. The van der Waals surface area contributed by atoms with E-state index in [9.17, 15) is 4.79 Å². The first-order valence-corrected chi connectivity index (χ1v) is 1.99. The van der Waals surface area contributed by atoms with Crippen molar-refractivity contribution in [2.24, 2.45) is 0 Å². The van der Waals surface area contributed by atoms with E-state index in [1.165, 1.54) is 12.0 Å². The summed E-state index contributed by atoms with van der Waals surface area (Å²) in [5, 5.41) is 1.35. The summed E-state index contributed by atoms with van der Waals surface area (Å²) in [4.78, 5) is 14.4. The van der Waals surface area contributed by atoms with Gasteiger partial charge in [0.05, 0.1) is 0 Å². The number of hydrogen-bond acceptors (Lipinski definition) is 3. The van der Waals surface area contributed by atoms with E-state index in [1.807, 2.05) is 0 Å². The Labute approximate surface area is 93.2 Å². The molecule has 0 aliphatic carbocycles. The first-order valence-electron chi connectivity index (χ1n) is 1.99. The van der Waals surface area contributed by atoms with Crippen LogP contribution in [0.3, 0.4) is 0 Å². The second-order valence-corrected chi connectivity index (χ2v) is 1.40. The predicted octanol–water partition coefficient (Wildman–Crippen LogP) is -2.86. The van der Waals surface area contributed by atoms with Crippen molar-refractivity contribution in [1.29, 1.82) is 0 Å². The summed E-state index contributed by atoms with van der Waals surface area (Å²) >= 11 is 0. The molecular weight excluding hydrogens is 133 g/mol. The van der Waals surface area contributed by atoms with E-state index in [0.717, 1.165) is 0 Å². The Hall–Kier alpha value is 1.07. The molecule has 0 unspecified atom stereocenters. The molecule has 0 N–H and O–H groups in total. The summed E-state index contributed by atoms with van der Waals surface area (Å²) in [6.07, 6.45) is 0. The molecule has 0 heterocycles. The van der Waals surface area contributed by atoms with Crippen molar-refractivity contribution in [3.8, 4) is 0 Å². The van der Waals surface area contributed by atoms with E-state index in [0.29, 0.717) is 0 Å². The SMILES string of the molecule is CC(=O)ON(C)C.[H-].[K+]. The van der Waals surface area contributed by atoms with E-state index in [-0.39, 0.29) is 58.8 Å². The summed E-state index contributed by atoms with van der Waals surface area (Å²) in [5.74, 6) is -0.287. The third kappa shape index (κ3) is 10.1. The van der Waals surface area contributed by atoms with Crippen LogP contribution < -0.4 is 51.4 Å². The van der Waals surface area contributed by atoms with Crippen LogP contribution in [0.2, 0.25) is 0 Å². The number of carbonyl (C=O) groups is 1. The minimum atomic E-state index is -0.287. The molecule has 0 spiro atoms. The number of hydroxylamine groups is 2. The monoisotopic (exact) mass is 143 g/mol. The molecule has 44 valence electrons. The van der Waals surface area contributed by atoms with Crippen molar-refractivity contribution in [3.63, 3.8) is 0 Å². The smallest absolute Gasteiger partial charge is 1.00 e. The van der Waals surface area contributed by atoms with Crippen LogP contribution in [0.15, 0.2) is 0 Å². The van der Waals surface area contributed by atoms with Gasteiger partial charge < -0.3 is 6.26 Å². The van der Waals surface area contributed by atoms with E-state index >= 15 is 0 Å². The van der Waals surface area contributed by atoms with Gasteiger partial charge in [-0.15, -0.1) is 5.06 Å². The Balaban J connectivity index is -0.000000180. The summed E-state index contributed by atoms with van der Waals surface area (Å²) in [6, 6.07) is 0. The Morgan fingerprint density at radius 3 is 2.00 bits per heavy atom. The van der Waals surface area contributed by atoms with E-state index < -0.39 is 0 Å². The third-order valence-corrected chi connectivity index (χ3v) is 0.311. The second-order valence-electron chi connectivity index (χ2n) is 1.40. The zero-order valence-corrected chi connectivity index (χ0v) is 8.89. The fourth-order valence-corrected chi connectivity index (χ4v) is 0.257. The molecule has 0 aliphatic rings. The second kappa shape index (κ2) is 6.19. The summed E-state index contributed by atoms with van der Waals surface area (Å²) in [6.45, 7) is 1.36. The molecule has 0 atom stereocenters. The maximum absolute atomic E-state index is 9.99. The zero-order valence-electron chi connectivity index (χ0n) is 6.76. The van der Waals surface area contributed by atoms with Gasteiger partial charge in [-0.3, -0.25) is 4.79 Å². The fraction of sp³-hybridized carbons (Fsp3) is 0.750. The topological polar surface area (TPSA) is 29.5 Å². The van der Waals surface area contributed by atoms with E-state index in [4.69, 9.17) is 0 Å². The van der Waals surface area contributed by atoms with Crippen LogP contribution >= 0.6 is 0 Å². The Kier molecular flexibility index (Phi) is 9.14. The van der Waals surface area contributed by atoms with Gasteiger partial charge in [0.15, 0.2) is 0 Å². The van der Waals surface area contributed by atoms with Gasteiger partial charge in [-0.25, -0.2) is 0 Å². The zero-order chi connectivity index (χ0) is 5.86. The number of nitrogens with zero attached hydrogens (tertiary/aromatic N) is 1. The first-order chi connectivity index (χ1) is 3.13. The van der Waals surface area contributed by atoms with Crippen LogP contribution in [0, 0.1) is 0 Å². The molecule has 3 nitrogen and oxygen atoms in total. The van der Waals surface area contributed by atoms with Gasteiger partial charge in [-0.05, 0) is 0 Å². The minimum absolute atomic E-state index is 0. The molecule has 0 radical (unpaired) electrons. The number of hydrogen-bond donors (Lipinski definition) is 0. The molecule has 0 amide bonds. The Morgan fingerprint density at radius 1 is 1.62 bits per heavy atom. The molecule has 0 saturated heterocycles. The van der Waals surface area contributed by atoms with Crippen molar-refractivity contribution in [1.82, 2.24) is 5.06 Å². The van der Waals surface area contributed by atoms with Crippen molar-refractivity contribution in [2.75, 3.05) is 14.1 Å². The van der Waals surface area contributed by atoms with Gasteiger partial charge in [0.2, 0.25) is 0 Å². The van der Waals surface area contributed by atoms with Crippen LogP contribution in [0.25, 0.3) is 0 Å². The molecule has 0 rings (SSSR count). The van der Waals surface area contributed by atoms with Crippen molar-refractivity contribution in [3.05, 3.63) is 0 Å². The van der Waals surface area contributed by atoms with Gasteiger partial charge in [0, 0.05) is 21.0 Å². The van der Waals surface area contributed by atoms with E-state index in [1.54, 1.807) is 14.1 Å². The molecule has 0 saturated carbocycles. The van der Waals surface area contributed by atoms with Crippen molar-refractivity contribution >= 4 is 5.97 Å². The summed E-state index contributed by atoms with van der Waals surface area (Å²) in [5.41, 5.74) is 0. The first kappa shape index (κ1) is 11.8. The molecular formula is C4H10KNO2. The number of rotatable bonds is 1. The van der Waals surface area contributed by atoms with Crippen LogP contribution in [-0.2, 0) is 9.63 Å². The quantitative estimate of drug-likeness (QED) is 0.292. The molecule has 0 aromatic rings. The normalized spacial score (nSPS) is 8.00. The Bertz CT molecular complexity index is 79.0. The van der Waals surface area contributed by atoms with Gasteiger partial charge in [0.25, 0.3) is 0 Å². The van der Waals surface area contributed by atoms with Crippen LogP contribution in [0.4, 0.5) is 0 Å². The number of carbonyl (C=O) groups excluding carboxylic acids is 1. The standard InChI is InChI=1S/C4H9NO2.K.H/c1-4(6)7-5(2)3;;/h1-3H3;;/q;+1;-1. The van der Waals surface area contributed by atoms with Crippen molar-refractivity contribution < 1.29 is 62.4 Å². The van der Waals surface area contributed by atoms with Gasteiger partial charge >= 0.3 is 57.4 Å². The molecule has 0 aromatic heterocycles. The average Bonchev–Trinajstić information content (AvgIpc) is 1.27. The molecule has 8 heavy (non-hydrogen) atoms. The molecule has 0 aromatic carbocycles. The van der Waals surface area contributed by atoms with E-state index in [2.05, 4.69) is 4.84 Å². The van der Waals surface area contributed by atoms with Gasteiger partial charge in [-0.1, -0.05) is 0 Å². The molecule has 4 heteroatoms. The predicted molar refractivity (Wildman–Crippen MR) is 26.6 cm³/mol. The van der Waals surface area contributed by atoms with Gasteiger partial charge in [-0.2, -0.15) is 0 Å².